The molecule has 0 radical (unpaired) electrons. The fourth-order valence-electron chi connectivity index (χ4n) is 5.69. The summed E-state index contributed by atoms with van der Waals surface area (Å²) in [5.74, 6) is 0.401. The van der Waals surface area contributed by atoms with E-state index in [1.165, 1.54) is 6.42 Å². The first kappa shape index (κ1) is 17.7. The van der Waals surface area contributed by atoms with Gasteiger partial charge in [-0.05, 0) is 56.0 Å². The quantitative estimate of drug-likeness (QED) is 0.767. The van der Waals surface area contributed by atoms with Gasteiger partial charge in [-0.1, -0.05) is 34.6 Å². The summed E-state index contributed by atoms with van der Waals surface area (Å²) in [4.78, 5) is 15.0. The van der Waals surface area contributed by atoms with E-state index >= 15 is 0 Å². The highest BCUT2D eigenvalue weighted by Crippen LogP contribution is 2.71. The Morgan fingerprint density at radius 2 is 1.86 bits per heavy atom. The number of hydrogen-bond donors (Lipinski definition) is 1. The number of fused-ring (bicyclic) bond motifs is 2. The molecule has 2 fully saturated rings. The molecule has 0 aromatic carbocycles. The Labute approximate surface area is 135 Å². The molecule has 4 atom stereocenters. The number of hydrogen-bond acceptors (Lipinski definition) is 4. The minimum atomic E-state index is -0.568. The number of rotatable bonds is 6. The topological polar surface area (TPSA) is 55.6 Å². The standard InChI is InChI=1S/C18H34N2O2/c1-7-20(8-2)18(14(19)15(21)22-9-3)12-13-10-11-17(18,6)16(13,4)5/h13-14H,7-12,19H2,1-6H3/t13-,14-,17-,18-/m1/s1. The number of carbonyl (C=O) groups is 1. The van der Waals surface area contributed by atoms with Gasteiger partial charge in [-0.3, -0.25) is 9.69 Å². The fraction of sp³-hybridized carbons (Fsp3) is 0.944. The van der Waals surface area contributed by atoms with Crippen LogP contribution >= 0.6 is 0 Å². The van der Waals surface area contributed by atoms with E-state index < -0.39 is 6.04 Å². The molecule has 22 heavy (non-hydrogen) atoms. The van der Waals surface area contributed by atoms with Crippen LogP contribution in [0.5, 0.6) is 0 Å². The molecular formula is C18H34N2O2. The molecule has 0 heterocycles. The van der Waals surface area contributed by atoms with Crippen molar-refractivity contribution in [2.45, 2.75) is 72.4 Å². The predicted octanol–water partition coefficient (Wildman–Crippen LogP) is 2.80. The molecule has 2 N–H and O–H groups in total. The van der Waals surface area contributed by atoms with Crippen LogP contribution in [0.15, 0.2) is 0 Å². The van der Waals surface area contributed by atoms with E-state index in [0.29, 0.717) is 12.5 Å². The van der Waals surface area contributed by atoms with Crippen molar-refractivity contribution < 1.29 is 9.53 Å². The second-order valence-corrected chi connectivity index (χ2v) is 7.82. The van der Waals surface area contributed by atoms with Gasteiger partial charge in [-0.15, -0.1) is 0 Å². The van der Waals surface area contributed by atoms with Crippen molar-refractivity contribution in [3.05, 3.63) is 0 Å². The van der Waals surface area contributed by atoms with Crippen LogP contribution in [0.4, 0.5) is 0 Å². The summed E-state index contributed by atoms with van der Waals surface area (Å²) in [7, 11) is 0. The summed E-state index contributed by atoms with van der Waals surface area (Å²) in [5, 5.41) is 0. The van der Waals surface area contributed by atoms with E-state index in [0.717, 1.165) is 25.9 Å². The molecule has 2 aliphatic rings. The van der Waals surface area contributed by atoms with Crippen molar-refractivity contribution in [1.29, 1.82) is 0 Å². The average molecular weight is 310 g/mol. The molecule has 2 aliphatic carbocycles. The largest absolute Gasteiger partial charge is 0.465 e. The second-order valence-electron chi connectivity index (χ2n) is 7.82. The highest BCUT2D eigenvalue weighted by Gasteiger charge is 2.72. The van der Waals surface area contributed by atoms with Gasteiger partial charge in [0.25, 0.3) is 0 Å². The first-order chi connectivity index (χ1) is 10.2. The molecule has 0 aliphatic heterocycles. The van der Waals surface area contributed by atoms with Crippen molar-refractivity contribution in [3.8, 4) is 0 Å². The van der Waals surface area contributed by atoms with E-state index in [4.69, 9.17) is 10.5 Å². The van der Waals surface area contributed by atoms with Crippen LogP contribution in [-0.2, 0) is 9.53 Å². The van der Waals surface area contributed by atoms with E-state index in [9.17, 15) is 4.79 Å². The van der Waals surface area contributed by atoms with Gasteiger partial charge < -0.3 is 10.5 Å². The van der Waals surface area contributed by atoms with Crippen molar-refractivity contribution in [3.63, 3.8) is 0 Å². The van der Waals surface area contributed by atoms with Crippen LogP contribution in [0.2, 0.25) is 0 Å². The number of likely N-dealkylation sites (N-methyl/N-ethyl adjacent to an activating group) is 1. The van der Waals surface area contributed by atoms with Gasteiger partial charge in [-0.25, -0.2) is 0 Å². The predicted molar refractivity (Wildman–Crippen MR) is 89.5 cm³/mol. The zero-order chi connectivity index (χ0) is 16.8. The molecule has 0 saturated heterocycles. The summed E-state index contributed by atoms with van der Waals surface area (Å²) in [5.41, 5.74) is 6.54. The van der Waals surface area contributed by atoms with Crippen molar-refractivity contribution >= 4 is 5.97 Å². The number of nitrogens with two attached hydrogens (primary N) is 1. The maximum Gasteiger partial charge on any atom is 0.324 e. The Balaban J connectivity index is 2.52. The lowest BCUT2D eigenvalue weighted by Crippen LogP contribution is -2.70. The van der Waals surface area contributed by atoms with E-state index in [2.05, 4.69) is 39.5 Å². The second kappa shape index (κ2) is 5.79. The van der Waals surface area contributed by atoms with Crippen molar-refractivity contribution in [2.75, 3.05) is 19.7 Å². The lowest BCUT2D eigenvalue weighted by atomic mass is 9.59. The third-order valence-electron chi connectivity index (χ3n) is 7.33. The van der Waals surface area contributed by atoms with E-state index in [-0.39, 0.29) is 22.3 Å². The molecule has 4 heteroatoms. The van der Waals surface area contributed by atoms with Gasteiger partial charge in [0.15, 0.2) is 0 Å². The summed E-state index contributed by atoms with van der Waals surface area (Å²) in [6.45, 7) is 15.5. The van der Waals surface area contributed by atoms with Crippen LogP contribution < -0.4 is 5.73 Å². The Bertz CT molecular complexity index is 433. The van der Waals surface area contributed by atoms with Gasteiger partial charge in [-0.2, -0.15) is 0 Å². The van der Waals surface area contributed by atoms with Crippen LogP contribution in [0.25, 0.3) is 0 Å². The summed E-state index contributed by atoms with van der Waals surface area (Å²) in [6.07, 6.45) is 3.41. The highest BCUT2D eigenvalue weighted by molar-refractivity contribution is 5.78. The maximum absolute atomic E-state index is 12.5. The first-order valence-corrected chi connectivity index (χ1v) is 8.90. The number of nitrogens with zero attached hydrogens (tertiary/aromatic N) is 1. The van der Waals surface area contributed by atoms with Crippen LogP contribution in [-0.4, -0.2) is 42.1 Å². The molecule has 0 aromatic rings. The Kier molecular flexibility index (Phi) is 4.67. The van der Waals surface area contributed by atoms with Gasteiger partial charge in [0.2, 0.25) is 0 Å². The maximum atomic E-state index is 12.5. The molecular weight excluding hydrogens is 276 g/mol. The zero-order valence-electron chi connectivity index (χ0n) is 15.2. The lowest BCUT2D eigenvalue weighted by molar-refractivity contribution is -0.155. The molecule has 0 amide bonds. The monoisotopic (exact) mass is 310 g/mol. The molecule has 2 bridgehead atoms. The minimum absolute atomic E-state index is 0.0445. The van der Waals surface area contributed by atoms with Crippen molar-refractivity contribution in [1.82, 2.24) is 4.90 Å². The highest BCUT2D eigenvalue weighted by atomic mass is 16.5. The number of esters is 1. The molecule has 128 valence electrons. The molecule has 2 saturated carbocycles. The SMILES string of the molecule is CCOC(=O)[C@@H](N)[C@]1(N(CC)CC)C[C@H]2CC[C@]1(C)C2(C)C. The molecule has 2 rings (SSSR count). The fourth-order valence-corrected chi connectivity index (χ4v) is 5.69. The lowest BCUT2D eigenvalue weighted by Gasteiger charge is -2.56. The average Bonchev–Trinajstić information content (AvgIpc) is 2.80. The van der Waals surface area contributed by atoms with Crippen LogP contribution in [0, 0.1) is 16.7 Å². The van der Waals surface area contributed by atoms with E-state index in [1.807, 2.05) is 6.92 Å². The Hall–Kier alpha value is -0.610. The number of carbonyl (C=O) groups excluding carboxylic acids is 1. The molecule has 4 nitrogen and oxygen atoms in total. The minimum Gasteiger partial charge on any atom is -0.465 e. The Morgan fingerprint density at radius 3 is 2.23 bits per heavy atom. The normalized spacial score (nSPS) is 37.5. The molecule has 0 spiro atoms. The van der Waals surface area contributed by atoms with Gasteiger partial charge in [0.05, 0.1) is 12.1 Å². The summed E-state index contributed by atoms with van der Waals surface area (Å²) < 4.78 is 5.31. The third kappa shape index (κ3) is 1.99. The van der Waals surface area contributed by atoms with Crippen molar-refractivity contribution in [2.24, 2.45) is 22.5 Å². The summed E-state index contributed by atoms with van der Waals surface area (Å²) in [6, 6.07) is -0.568. The van der Waals surface area contributed by atoms with Gasteiger partial charge >= 0.3 is 5.97 Å². The van der Waals surface area contributed by atoms with Gasteiger partial charge in [0.1, 0.15) is 6.04 Å². The number of ether oxygens (including phenoxy) is 1. The smallest absolute Gasteiger partial charge is 0.324 e. The molecule has 0 unspecified atom stereocenters. The molecule has 0 aromatic heterocycles. The van der Waals surface area contributed by atoms with Gasteiger partial charge in [0, 0.05) is 0 Å². The van der Waals surface area contributed by atoms with Crippen LogP contribution in [0.1, 0.15) is 60.8 Å². The first-order valence-electron chi connectivity index (χ1n) is 8.90. The van der Waals surface area contributed by atoms with Crippen LogP contribution in [0.3, 0.4) is 0 Å². The van der Waals surface area contributed by atoms with E-state index in [1.54, 1.807) is 0 Å². The summed E-state index contributed by atoms with van der Waals surface area (Å²) >= 11 is 0. The third-order valence-corrected chi connectivity index (χ3v) is 7.33. The Morgan fingerprint density at radius 1 is 1.27 bits per heavy atom. The zero-order valence-corrected chi connectivity index (χ0v) is 15.2.